The Bertz CT molecular complexity index is 364. The van der Waals surface area contributed by atoms with E-state index in [-0.39, 0.29) is 5.69 Å². The Morgan fingerprint density at radius 1 is 1.33 bits per heavy atom. The van der Waals surface area contributed by atoms with Gasteiger partial charge in [-0.1, -0.05) is 13.8 Å². The molecule has 0 aliphatic carbocycles. The molecule has 0 saturated carbocycles. The fourth-order valence-electron chi connectivity index (χ4n) is 1.55. The molecule has 0 radical (unpaired) electrons. The molecule has 0 bridgehead atoms. The van der Waals surface area contributed by atoms with E-state index in [1.807, 2.05) is 0 Å². The summed E-state index contributed by atoms with van der Waals surface area (Å²) >= 11 is 0. The first-order valence-electron chi connectivity index (χ1n) is 6.10. The predicted octanol–water partition coefficient (Wildman–Crippen LogP) is 1.53. The summed E-state index contributed by atoms with van der Waals surface area (Å²) in [7, 11) is 0. The van der Waals surface area contributed by atoms with Crippen LogP contribution in [0.4, 0.5) is 11.6 Å². The fraction of sp³-hybridized carbons (Fsp3) is 0.636. The predicted molar refractivity (Wildman–Crippen MR) is 69.6 cm³/mol. The van der Waals surface area contributed by atoms with E-state index in [1.165, 1.54) is 12.4 Å². The SMILES string of the molecule is CCN(CC)CCCNc1ncc([N+](=O)[O-])cn1. The van der Waals surface area contributed by atoms with E-state index in [9.17, 15) is 10.1 Å². The molecule has 0 spiro atoms. The first-order chi connectivity index (χ1) is 8.67. The molecule has 7 nitrogen and oxygen atoms in total. The summed E-state index contributed by atoms with van der Waals surface area (Å²) in [6.45, 7) is 8.14. The fourth-order valence-corrected chi connectivity index (χ4v) is 1.55. The van der Waals surface area contributed by atoms with Gasteiger partial charge in [0.25, 0.3) is 0 Å². The van der Waals surface area contributed by atoms with E-state index < -0.39 is 4.92 Å². The highest BCUT2D eigenvalue weighted by molar-refractivity contribution is 5.30. The van der Waals surface area contributed by atoms with Crippen LogP contribution in [0.25, 0.3) is 0 Å². The Morgan fingerprint density at radius 3 is 2.44 bits per heavy atom. The van der Waals surface area contributed by atoms with Gasteiger partial charge in [-0.05, 0) is 26.1 Å². The highest BCUT2D eigenvalue weighted by atomic mass is 16.6. The van der Waals surface area contributed by atoms with E-state index in [1.54, 1.807) is 0 Å². The maximum atomic E-state index is 10.4. The van der Waals surface area contributed by atoms with Crippen molar-refractivity contribution >= 4 is 11.6 Å². The molecule has 0 atom stereocenters. The van der Waals surface area contributed by atoms with Crippen molar-refractivity contribution in [3.05, 3.63) is 22.5 Å². The second kappa shape index (κ2) is 7.54. The summed E-state index contributed by atoms with van der Waals surface area (Å²) in [5.41, 5.74) is -0.0938. The van der Waals surface area contributed by atoms with Crippen LogP contribution in [0.3, 0.4) is 0 Å². The van der Waals surface area contributed by atoms with Crippen molar-refractivity contribution in [3.8, 4) is 0 Å². The Kier molecular flexibility index (Phi) is 5.99. The normalized spacial score (nSPS) is 10.6. The Hall–Kier alpha value is -1.76. The minimum Gasteiger partial charge on any atom is -0.354 e. The molecule has 1 rings (SSSR count). The van der Waals surface area contributed by atoms with Gasteiger partial charge in [-0.2, -0.15) is 0 Å². The maximum Gasteiger partial charge on any atom is 0.305 e. The molecule has 0 unspecified atom stereocenters. The second-order valence-electron chi connectivity index (χ2n) is 3.83. The van der Waals surface area contributed by atoms with E-state index in [4.69, 9.17) is 0 Å². The first-order valence-corrected chi connectivity index (χ1v) is 6.10. The molecular formula is C11H19N5O2. The number of nitrogens with one attached hydrogen (secondary N) is 1. The number of nitrogens with zero attached hydrogens (tertiary/aromatic N) is 4. The smallest absolute Gasteiger partial charge is 0.305 e. The zero-order chi connectivity index (χ0) is 13.4. The van der Waals surface area contributed by atoms with Gasteiger partial charge in [0.2, 0.25) is 5.95 Å². The van der Waals surface area contributed by atoms with E-state index in [2.05, 4.69) is 34.0 Å². The third-order valence-electron chi connectivity index (χ3n) is 2.68. The minimum atomic E-state index is -0.510. The standard InChI is InChI=1S/C11H19N5O2/c1-3-15(4-2)7-5-6-12-11-13-8-10(9-14-11)16(17)18/h8-9H,3-7H2,1-2H3,(H,12,13,14). The van der Waals surface area contributed by atoms with Gasteiger partial charge in [0.1, 0.15) is 12.4 Å². The maximum absolute atomic E-state index is 10.4. The lowest BCUT2D eigenvalue weighted by atomic mass is 10.3. The van der Waals surface area contributed by atoms with Gasteiger partial charge in [-0.25, -0.2) is 9.97 Å². The number of anilines is 1. The van der Waals surface area contributed by atoms with E-state index >= 15 is 0 Å². The average Bonchev–Trinajstić information content (AvgIpc) is 2.39. The Labute approximate surface area is 106 Å². The van der Waals surface area contributed by atoms with Crippen LogP contribution in [0.1, 0.15) is 20.3 Å². The van der Waals surface area contributed by atoms with Crippen molar-refractivity contribution in [1.29, 1.82) is 0 Å². The number of hydrogen-bond acceptors (Lipinski definition) is 6. The Morgan fingerprint density at radius 2 is 1.94 bits per heavy atom. The van der Waals surface area contributed by atoms with Crippen molar-refractivity contribution in [2.45, 2.75) is 20.3 Å². The summed E-state index contributed by atoms with van der Waals surface area (Å²) in [6.07, 6.45) is 3.40. The van der Waals surface area contributed by atoms with Gasteiger partial charge in [-0.3, -0.25) is 10.1 Å². The summed E-state index contributed by atoms with van der Waals surface area (Å²) in [5, 5.41) is 13.5. The number of hydrogen-bond donors (Lipinski definition) is 1. The molecule has 100 valence electrons. The highest BCUT2D eigenvalue weighted by Crippen LogP contribution is 2.07. The lowest BCUT2D eigenvalue weighted by molar-refractivity contribution is -0.385. The highest BCUT2D eigenvalue weighted by Gasteiger charge is 2.06. The van der Waals surface area contributed by atoms with Crippen molar-refractivity contribution in [2.75, 3.05) is 31.5 Å². The van der Waals surface area contributed by atoms with Crippen LogP contribution in [-0.2, 0) is 0 Å². The molecule has 1 heterocycles. The third-order valence-corrected chi connectivity index (χ3v) is 2.68. The van der Waals surface area contributed by atoms with Gasteiger partial charge >= 0.3 is 5.69 Å². The molecule has 18 heavy (non-hydrogen) atoms. The molecule has 0 saturated heterocycles. The van der Waals surface area contributed by atoms with Crippen LogP contribution in [0.15, 0.2) is 12.4 Å². The first kappa shape index (κ1) is 14.3. The minimum absolute atomic E-state index is 0.0938. The van der Waals surface area contributed by atoms with Crippen LogP contribution in [-0.4, -0.2) is 46.0 Å². The summed E-state index contributed by atoms with van der Waals surface area (Å²) in [5.74, 6) is 0.431. The molecule has 7 heteroatoms. The van der Waals surface area contributed by atoms with Gasteiger partial charge in [0.15, 0.2) is 0 Å². The molecule has 1 aromatic heterocycles. The summed E-state index contributed by atoms with van der Waals surface area (Å²) < 4.78 is 0. The topological polar surface area (TPSA) is 84.2 Å². The van der Waals surface area contributed by atoms with Crippen LogP contribution in [0, 0.1) is 10.1 Å². The van der Waals surface area contributed by atoms with Crippen LogP contribution in [0.2, 0.25) is 0 Å². The summed E-state index contributed by atoms with van der Waals surface area (Å²) in [6, 6.07) is 0. The second-order valence-corrected chi connectivity index (χ2v) is 3.83. The number of nitro groups is 1. The zero-order valence-corrected chi connectivity index (χ0v) is 10.8. The van der Waals surface area contributed by atoms with E-state index in [0.717, 1.165) is 32.6 Å². The molecular weight excluding hydrogens is 234 g/mol. The van der Waals surface area contributed by atoms with Crippen LogP contribution < -0.4 is 5.32 Å². The van der Waals surface area contributed by atoms with Crippen LogP contribution in [0.5, 0.6) is 0 Å². The van der Waals surface area contributed by atoms with E-state index in [0.29, 0.717) is 5.95 Å². The molecule has 0 amide bonds. The molecule has 1 N–H and O–H groups in total. The molecule has 0 aliphatic rings. The lowest BCUT2D eigenvalue weighted by Gasteiger charge is -2.17. The van der Waals surface area contributed by atoms with Gasteiger partial charge in [0, 0.05) is 6.54 Å². The average molecular weight is 253 g/mol. The molecule has 0 aromatic carbocycles. The zero-order valence-electron chi connectivity index (χ0n) is 10.8. The third kappa shape index (κ3) is 4.62. The number of aromatic nitrogens is 2. The largest absolute Gasteiger partial charge is 0.354 e. The molecule has 0 fully saturated rings. The van der Waals surface area contributed by atoms with Crippen molar-refractivity contribution in [2.24, 2.45) is 0 Å². The monoisotopic (exact) mass is 253 g/mol. The lowest BCUT2D eigenvalue weighted by Crippen LogP contribution is -2.25. The summed E-state index contributed by atoms with van der Waals surface area (Å²) in [4.78, 5) is 20.0. The van der Waals surface area contributed by atoms with Crippen molar-refractivity contribution < 1.29 is 4.92 Å². The van der Waals surface area contributed by atoms with Gasteiger partial charge in [0.05, 0.1) is 4.92 Å². The van der Waals surface area contributed by atoms with Crippen molar-refractivity contribution in [1.82, 2.24) is 14.9 Å². The molecule has 0 aliphatic heterocycles. The van der Waals surface area contributed by atoms with Crippen LogP contribution >= 0.6 is 0 Å². The van der Waals surface area contributed by atoms with Crippen molar-refractivity contribution in [3.63, 3.8) is 0 Å². The quantitative estimate of drug-likeness (QED) is 0.429. The van der Waals surface area contributed by atoms with Gasteiger partial charge in [-0.15, -0.1) is 0 Å². The Balaban J connectivity index is 2.29. The number of rotatable bonds is 8. The molecule has 1 aromatic rings. The van der Waals surface area contributed by atoms with Gasteiger partial charge < -0.3 is 10.2 Å².